The Morgan fingerprint density at radius 3 is 2.40 bits per heavy atom. The van der Waals surface area contributed by atoms with Crippen LogP contribution < -0.4 is 4.72 Å². The zero-order valence-electron chi connectivity index (χ0n) is 8.87. The van der Waals surface area contributed by atoms with Crippen LogP contribution in [0.4, 0.5) is 0 Å². The molecular formula is C9H14BrNO2S2. The summed E-state index contributed by atoms with van der Waals surface area (Å²) >= 11 is 4.86. The smallest absolute Gasteiger partial charge is 0.212 e. The maximum absolute atomic E-state index is 11.7. The number of thiophene rings is 1. The van der Waals surface area contributed by atoms with Crippen LogP contribution in [-0.4, -0.2) is 13.2 Å². The van der Waals surface area contributed by atoms with Crippen LogP contribution in [0.15, 0.2) is 15.9 Å². The van der Waals surface area contributed by atoms with E-state index < -0.39 is 14.8 Å². The Hall–Kier alpha value is 0.0900. The zero-order valence-corrected chi connectivity index (χ0v) is 12.1. The van der Waals surface area contributed by atoms with Crippen LogP contribution in [0, 0.1) is 0 Å². The molecule has 0 bridgehead atoms. The number of halogens is 1. The van der Waals surface area contributed by atoms with Gasteiger partial charge in [-0.3, -0.25) is 0 Å². The number of sulfonamides is 1. The Balaban J connectivity index is 2.66. The van der Waals surface area contributed by atoms with Gasteiger partial charge in [0.05, 0.1) is 8.53 Å². The summed E-state index contributed by atoms with van der Waals surface area (Å²) in [4.78, 5) is 0.995. The quantitative estimate of drug-likeness (QED) is 0.933. The van der Waals surface area contributed by atoms with Gasteiger partial charge in [0.15, 0.2) is 0 Å². The van der Waals surface area contributed by atoms with Gasteiger partial charge in [0.2, 0.25) is 10.0 Å². The van der Waals surface area contributed by atoms with E-state index >= 15 is 0 Å². The molecule has 0 amide bonds. The highest BCUT2D eigenvalue weighted by Gasteiger charge is 2.28. The Morgan fingerprint density at radius 2 is 2.00 bits per heavy atom. The van der Waals surface area contributed by atoms with Crippen LogP contribution in [0.3, 0.4) is 0 Å². The minimum Gasteiger partial charge on any atom is -0.212 e. The average Bonchev–Trinajstić information content (AvgIpc) is 2.46. The minimum atomic E-state index is -3.25. The first kappa shape index (κ1) is 13.2. The summed E-state index contributed by atoms with van der Waals surface area (Å²) in [7, 11) is -3.25. The molecule has 0 spiro atoms. The lowest BCUT2D eigenvalue weighted by Crippen LogP contribution is -2.38. The first-order valence-corrected chi connectivity index (χ1v) is 7.55. The molecule has 1 rings (SSSR count). The molecule has 1 aromatic heterocycles. The molecule has 0 aliphatic carbocycles. The van der Waals surface area contributed by atoms with Crippen LogP contribution >= 0.6 is 27.3 Å². The van der Waals surface area contributed by atoms with Gasteiger partial charge < -0.3 is 0 Å². The van der Waals surface area contributed by atoms with E-state index in [1.165, 1.54) is 11.3 Å². The molecular weight excluding hydrogens is 298 g/mol. The van der Waals surface area contributed by atoms with Crippen molar-refractivity contribution in [3.05, 3.63) is 20.8 Å². The topological polar surface area (TPSA) is 46.2 Å². The van der Waals surface area contributed by atoms with Crippen LogP contribution in [0.2, 0.25) is 0 Å². The van der Waals surface area contributed by atoms with Crippen LogP contribution in [0.5, 0.6) is 0 Å². The molecule has 0 saturated heterocycles. The van der Waals surface area contributed by atoms with Crippen molar-refractivity contribution in [1.82, 2.24) is 4.72 Å². The van der Waals surface area contributed by atoms with Gasteiger partial charge in [-0.15, -0.1) is 11.3 Å². The van der Waals surface area contributed by atoms with Crippen LogP contribution in [-0.2, 0) is 16.6 Å². The summed E-state index contributed by atoms with van der Waals surface area (Å²) in [5, 5.41) is 0. The molecule has 86 valence electrons. The Morgan fingerprint density at radius 1 is 1.40 bits per heavy atom. The lowest BCUT2D eigenvalue weighted by Gasteiger charge is -2.19. The van der Waals surface area contributed by atoms with Gasteiger partial charge in [-0.2, -0.15) is 0 Å². The SMILES string of the molecule is CC(C)(C)S(=O)(=O)NCc1ccc(Br)s1. The molecule has 1 heterocycles. The van der Waals surface area contributed by atoms with Gasteiger partial charge in [-0.25, -0.2) is 13.1 Å². The number of hydrogen-bond donors (Lipinski definition) is 1. The van der Waals surface area contributed by atoms with Crippen molar-refractivity contribution in [3.8, 4) is 0 Å². The van der Waals surface area contributed by atoms with Crippen molar-refractivity contribution in [2.24, 2.45) is 0 Å². The number of hydrogen-bond acceptors (Lipinski definition) is 3. The van der Waals surface area contributed by atoms with Gasteiger partial charge in [0.1, 0.15) is 0 Å². The van der Waals surface area contributed by atoms with Crippen LogP contribution in [0.25, 0.3) is 0 Å². The largest absolute Gasteiger partial charge is 0.216 e. The summed E-state index contributed by atoms with van der Waals surface area (Å²) in [6, 6.07) is 3.81. The number of rotatable bonds is 3. The van der Waals surface area contributed by atoms with E-state index in [9.17, 15) is 8.42 Å². The van der Waals surface area contributed by atoms with Crippen LogP contribution in [0.1, 0.15) is 25.6 Å². The maximum Gasteiger partial charge on any atom is 0.216 e. The van der Waals surface area contributed by atoms with E-state index in [-0.39, 0.29) is 0 Å². The predicted molar refractivity (Wildman–Crippen MR) is 67.5 cm³/mol. The van der Waals surface area contributed by atoms with Gasteiger partial charge in [0, 0.05) is 11.4 Å². The minimum absolute atomic E-state index is 0.357. The lowest BCUT2D eigenvalue weighted by atomic mass is 10.3. The molecule has 6 heteroatoms. The maximum atomic E-state index is 11.7. The molecule has 1 N–H and O–H groups in total. The zero-order chi connectivity index (χ0) is 11.7. The average molecular weight is 312 g/mol. The second-order valence-electron chi connectivity index (χ2n) is 4.14. The van der Waals surface area contributed by atoms with Crippen molar-refractivity contribution in [3.63, 3.8) is 0 Å². The van der Waals surface area contributed by atoms with Gasteiger partial charge in [-0.05, 0) is 48.8 Å². The molecule has 0 unspecified atom stereocenters. The highest BCUT2D eigenvalue weighted by molar-refractivity contribution is 9.11. The summed E-state index contributed by atoms with van der Waals surface area (Å²) < 4.78 is 26.3. The van der Waals surface area contributed by atoms with Crippen molar-refractivity contribution < 1.29 is 8.42 Å². The third kappa shape index (κ3) is 3.55. The molecule has 0 aliphatic heterocycles. The molecule has 0 atom stereocenters. The molecule has 0 aliphatic rings. The third-order valence-electron chi connectivity index (χ3n) is 1.87. The standard InChI is InChI=1S/C9H14BrNO2S2/c1-9(2,3)15(12,13)11-6-7-4-5-8(10)14-7/h4-5,11H,6H2,1-3H3. The molecule has 3 nitrogen and oxygen atoms in total. The number of nitrogens with one attached hydrogen (secondary N) is 1. The summed E-state index contributed by atoms with van der Waals surface area (Å²) in [6.45, 7) is 5.40. The van der Waals surface area contributed by atoms with E-state index in [4.69, 9.17) is 0 Å². The fraction of sp³-hybridized carbons (Fsp3) is 0.556. The Labute approximate surface area is 103 Å². The van der Waals surface area contributed by atoms with E-state index in [1.807, 2.05) is 12.1 Å². The second kappa shape index (κ2) is 4.53. The summed E-state index contributed by atoms with van der Waals surface area (Å²) in [5.41, 5.74) is 0. The molecule has 0 radical (unpaired) electrons. The van der Waals surface area contributed by atoms with Gasteiger partial charge in [0.25, 0.3) is 0 Å². The summed E-state index contributed by atoms with van der Waals surface area (Å²) in [5.74, 6) is 0. The lowest BCUT2D eigenvalue weighted by molar-refractivity contribution is 0.545. The van der Waals surface area contributed by atoms with Crippen molar-refractivity contribution in [1.29, 1.82) is 0 Å². The van der Waals surface area contributed by atoms with Gasteiger partial charge >= 0.3 is 0 Å². The molecule has 15 heavy (non-hydrogen) atoms. The fourth-order valence-corrected chi connectivity index (χ4v) is 3.12. The molecule has 0 fully saturated rings. The predicted octanol–water partition coefficient (Wildman–Crippen LogP) is 2.73. The van der Waals surface area contributed by atoms with E-state index in [1.54, 1.807) is 20.8 Å². The highest BCUT2D eigenvalue weighted by Crippen LogP contribution is 2.22. The van der Waals surface area contributed by atoms with Crippen molar-refractivity contribution in [2.75, 3.05) is 0 Å². The van der Waals surface area contributed by atoms with Gasteiger partial charge in [-0.1, -0.05) is 0 Å². The highest BCUT2D eigenvalue weighted by atomic mass is 79.9. The first-order valence-electron chi connectivity index (χ1n) is 4.46. The normalized spacial score (nSPS) is 13.1. The monoisotopic (exact) mass is 311 g/mol. The molecule has 0 saturated carbocycles. The van der Waals surface area contributed by atoms with E-state index in [0.717, 1.165) is 8.66 Å². The van der Waals surface area contributed by atoms with Crippen molar-refractivity contribution >= 4 is 37.3 Å². The third-order valence-corrected chi connectivity index (χ3v) is 5.63. The molecule has 0 aromatic carbocycles. The second-order valence-corrected chi connectivity index (χ2v) is 9.21. The van der Waals surface area contributed by atoms with Crippen molar-refractivity contribution in [2.45, 2.75) is 32.1 Å². The first-order chi connectivity index (χ1) is 6.72. The Bertz CT molecular complexity index is 431. The Kier molecular flexibility index (Phi) is 3.97. The van der Waals surface area contributed by atoms with E-state index in [0.29, 0.717) is 6.54 Å². The van der Waals surface area contributed by atoms with E-state index in [2.05, 4.69) is 20.7 Å². The molecule has 1 aromatic rings. The fourth-order valence-electron chi connectivity index (χ4n) is 0.829. The summed E-state index contributed by atoms with van der Waals surface area (Å²) in [6.07, 6.45) is 0.